The third-order valence-electron chi connectivity index (χ3n) is 3.95. The normalized spacial score (nSPS) is 27.6. The van der Waals surface area contributed by atoms with Crippen LogP contribution < -0.4 is 5.32 Å². The second kappa shape index (κ2) is 7.10. The van der Waals surface area contributed by atoms with Crippen LogP contribution in [0, 0.1) is 5.92 Å². The molecular formula is C14H28N2O2. The standard InChI is InChI=1S/C14H28N2O2/c1-6-8-12(9-18-5)16-11(4)15-13(14(16)17)10(3)7-2/h10-13,15H,6-9H2,1-5H3. The Morgan fingerprint density at radius 2 is 2.11 bits per heavy atom. The quantitative estimate of drug-likeness (QED) is 0.757. The van der Waals surface area contributed by atoms with Crippen LogP contribution in [0.2, 0.25) is 0 Å². The minimum Gasteiger partial charge on any atom is -0.383 e. The van der Waals surface area contributed by atoms with Gasteiger partial charge in [0.1, 0.15) is 0 Å². The lowest BCUT2D eigenvalue weighted by molar-refractivity contribution is -0.134. The highest BCUT2D eigenvalue weighted by atomic mass is 16.5. The maximum atomic E-state index is 12.5. The fraction of sp³-hybridized carbons (Fsp3) is 0.929. The van der Waals surface area contributed by atoms with E-state index in [4.69, 9.17) is 4.74 Å². The van der Waals surface area contributed by atoms with E-state index in [0.29, 0.717) is 12.5 Å². The molecule has 4 unspecified atom stereocenters. The molecule has 0 spiro atoms. The third-order valence-corrected chi connectivity index (χ3v) is 3.95. The number of amides is 1. The summed E-state index contributed by atoms with van der Waals surface area (Å²) in [5.41, 5.74) is 0. The lowest BCUT2D eigenvalue weighted by Crippen LogP contribution is -2.45. The van der Waals surface area contributed by atoms with Crippen LogP contribution in [0.3, 0.4) is 0 Å². The Bertz CT molecular complexity index is 265. The SMILES string of the molecule is CCCC(COC)N1C(=O)C(C(C)CC)NC1C. The number of ether oxygens (including phenoxy) is 1. The van der Waals surface area contributed by atoms with Crippen LogP contribution in [0.4, 0.5) is 0 Å². The molecule has 0 aromatic heterocycles. The highest BCUT2D eigenvalue weighted by molar-refractivity contribution is 5.84. The van der Waals surface area contributed by atoms with Gasteiger partial charge in [0.2, 0.25) is 5.91 Å². The molecular weight excluding hydrogens is 228 g/mol. The Labute approximate surface area is 111 Å². The van der Waals surface area contributed by atoms with E-state index in [-0.39, 0.29) is 24.2 Å². The largest absolute Gasteiger partial charge is 0.383 e. The second-order valence-electron chi connectivity index (χ2n) is 5.35. The Hall–Kier alpha value is -0.610. The predicted octanol–water partition coefficient (Wildman–Crippen LogP) is 1.99. The highest BCUT2D eigenvalue weighted by Gasteiger charge is 2.41. The van der Waals surface area contributed by atoms with E-state index in [9.17, 15) is 4.79 Å². The molecule has 1 fully saturated rings. The number of methoxy groups -OCH3 is 1. The van der Waals surface area contributed by atoms with Gasteiger partial charge in [0.15, 0.2) is 0 Å². The Kier molecular flexibility index (Phi) is 6.09. The average Bonchev–Trinajstić information content (AvgIpc) is 2.64. The molecule has 1 amide bonds. The van der Waals surface area contributed by atoms with Gasteiger partial charge in [-0.3, -0.25) is 10.1 Å². The zero-order valence-corrected chi connectivity index (χ0v) is 12.4. The smallest absolute Gasteiger partial charge is 0.241 e. The monoisotopic (exact) mass is 256 g/mol. The molecule has 1 aliphatic heterocycles. The lowest BCUT2D eigenvalue weighted by atomic mass is 9.99. The fourth-order valence-corrected chi connectivity index (χ4v) is 2.73. The van der Waals surface area contributed by atoms with Crippen molar-refractivity contribution in [3.63, 3.8) is 0 Å². The van der Waals surface area contributed by atoms with Crippen molar-refractivity contribution in [1.29, 1.82) is 0 Å². The van der Waals surface area contributed by atoms with Crippen LogP contribution in [0.25, 0.3) is 0 Å². The fourth-order valence-electron chi connectivity index (χ4n) is 2.73. The van der Waals surface area contributed by atoms with Crippen molar-refractivity contribution in [3.8, 4) is 0 Å². The van der Waals surface area contributed by atoms with Crippen LogP contribution in [0.5, 0.6) is 0 Å². The van der Waals surface area contributed by atoms with E-state index in [2.05, 4.69) is 33.0 Å². The van der Waals surface area contributed by atoms with Gasteiger partial charge in [-0.05, 0) is 19.3 Å². The summed E-state index contributed by atoms with van der Waals surface area (Å²) in [6.07, 6.45) is 3.20. The van der Waals surface area contributed by atoms with Crippen molar-refractivity contribution in [2.75, 3.05) is 13.7 Å². The summed E-state index contributed by atoms with van der Waals surface area (Å²) in [4.78, 5) is 14.5. The lowest BCUT2D eigenvalue weighted by Gasteiger charge is -2.30. The maximum absolute atomic E-state index is 12.5. The number of rotatable bonds is 7. The van der Waals surface area contributed by atoms with Gasteiger partial charge in [-0.15, -0.1) is 0 Å². The van der Waals surface area contributed by atoms with Gasteiger partial charge >= 0.3 is 0 Å². The van der Waals surface area contributed by atoms with Crippen molar-refractivity contribution >= 4 is 5.91 Å². The van der Waals surface area contributed by atoms with Gasteiger partial charge in [0, 0.05) is 7.11 Å². The first-order chi connectivity index (χ1) is 8.56. The molecule has 4 nitrogen and oxygen atoms in total. The van der Waals surface area contributed by atoms with Crippen molar-refractivity contribution in [3.05, 3.63) is 0 Å². The van der Waals surface area contributed by atoms with Gasteiger partial charge in [-0.1, -0.05) is 33.6 Å². The number of nitrogens with zero attached hydrogens (tertiary/aromatic N) is 1. The van der Waals surface area contributed by atoms with Crippen molar-refractivity contribution in [1.82, 2.24) is 10.2 Å². The molecule has 1 rings (SSSR count). The summed E-state index contributed by atoms with van der Waals surface area (Å²) >= 11 is 0. The van der Waals surface area contributed by atoms with Crippen LogP contribution in [-0.2, 0) is 9.53 Å². The van der Waals surface area contributed by atoms with E-state index in [1.54, 1.807) is 7.11 Å². The van der Waals surface area contributed by atoms with Gasteiger partial charge in [-0.2, -0.15) is 0 Å². The molecule has 1 aliphatic rings. The zero-order chi connectivity index (χ0) is 13.7. The summed E-state index contributed by atoms with van der Waals surface area (Å²) in [6.45, 7) is 9.10. The molecule has 1 heterocycles. The van der Waals surface area contributed by atoms with E-state index < -0.39 is 0 Å². The van der Waals surface area contributed by atoms with Crippen molar-refractivity contribution < 1.29 is 9.53 Å². The van der Waals surface area contributed by atoms with Crippen LogP contribution in [-0.4, -0.2) is 42.8 Å². The van der Waals surface area contributed by atoms with Crippen LogP contribution >= 0.6 is 0 Å². The molecule has 18 heavy (non-hydrogen) atoms. The van der Waals surface area contributed by atoms with E-state index >= 15 is 0 Å². The first kappa shape index (κ1) is 15.4. The summed E-state index contributed by atoms with van der Waals surface area (Å²) in [7, 11) is 1.70. The van der Waals surface area contributed by atoms with Crippen molar-refractivity contribution in [2.45, 2.75) is 65.2 Å². The van der Waals surface area contributed by atoms with Crippen molar-refractivity contribution in [2.24, 2.45) is 5.92 Å². The minimum atomic E-state index is -0.0267. The number of nitrogens with one attached hydrogen (secondary N) is 1. The Morgan fingerprint density at radius 3 is 2.61 bits per heavy atom. The molecule has 0 aromatic carbocycles. The number of carbonyl (C=O) groups is 1. The molecule has 1 N–H and O–H groups in total. The molecule has 0 saturated carbocycles. The molecule has 0 aliphatic carbocycles. The van der Waals surface area contributed by atoms with Gasteiger partial charge in [0.25, 0.3) is 0 Å². The molecule has 0 aromatic rings. The Morgan fingerprint density at radius 1 is 1.44 bits per heavy atom. The number of hydrogen-bond donors (Lipinski definition) is 1. The van der Waals surface area contributed by atoms with Crippen LogP contribution in [0.15, 0.2) is 0 Å². The van der Waals surface area contributed by atoms with E-state index in [0.717, 1.165) is 19.3 Å². The highest BCUT2D eigenvalue weighted by Crippen LogP contribution is 2.23. The first-order valence-corrected chi connectivity index (χ1v) is 7.13. The molecule has 0 bridgehead atoms. The first-order valence-electron chi connectivity index (χ1n) is 7.13. The third kappa shape index (κ3) is 3.23. The predicted molar refractivity (Wildman–Crippen MR) is 73.3 cm³/mol. The number of carbonyl (C=O) groups excluding carboxylic acids is 1. The van der Waals surface area contributed by atoms with Gasteiger partial charge < -0.3 is 9.64 Å². The zero-order valence-electron chi connectivity index (χ0n) is 12.4. The van der Waals surface area contributed by atoms with Gasteiger partial charge in [-0.25, -0.2) is 0 Å². The number of hydrogen-bond acceptors (Lipinski definition) is 3. The maximum Gasteiger partial charge on any atom is 0.241 e. The molecule has 4 heteroatoms. The summed E-state index contributed by atoms with van der Waals surface area (Å²) < 4.78 is 5.27. The summed E-state index contributed by atoms with van der Waals surface area (Å²) in [5, 5.41) is 3.42. The summed E-state index contributed by atoms with van der Waals surface area (Å²) in [5.74, 6) is 0.627. The topological polar surface area (TPSA) is 41.6 Å². The average molecular weight is 256 g/mol. The molecule has 4 atom stereocenters. The van der Waals surface area contributed by atoms with Gasteiger partial charge in [0.05, 0.1) is 24.9 Å². The van der Waals surface area contributed by atoms with Crippen LogP contribution in [0.1, 0.15) is 47.0 Å². The minimum absolute atomic E-state index is 0.0267. The van der Waals surface area contributed by atoms with E-state index in [1.165, 1.54) is 0 Å². The molecule has 1 saturated heterocycles. The molecule has 0 radical (unpaired) electrons. The second-order valence-corrected chi connectivity index (χ2v) is 5.35. The van der Waals surface area contributed by atoms with E-state index in [1.807, 2.05) is 4.90 Å². The summed E-state index contributed by atoms with van der Waals surface area (Å²) in [6, 6.07) is 0.172. The Balaban J connectivity index is 2.77. The molecule has 106 valence electrons.